The Kier molecular flexibility index (Phi) is 5.16. The fourth-order valence-corrected chi connectivity index (χ4v) is 4.86. The molecular weight excluding hydrogens is 386 g/mol. The molecule has 2 heterocycles. The molecule has 4 rings (SSSR count). The quantitative estimate of drug-likeness (QED) is 0.769. The molecule has 0 spiro atoms. The Morgan fingerprint density at radius 2 is 1.93 bits per heavy atom. The van der Waals surface area contributed by atoms with Gasteiger partial charge in [-0.15, -0.1) is 0 Å². The van der Waals surface area contributed by atoms with Gasteiger partial charge < -0.3 is 14.6 Å². The van der Waals surface area contributed by atoms with Crippen molar-refractivity contribution in [3.05, 3.63) is 54.1 Å². The molecular formula is C20H21F2N2O3S+. The number of benzene rings is 2. The zero-order chi connectivity index (χ0) is 19.7. The molecule has 28 heavy (non-hydrogen) atoms. The Morgan fingerprint density at radius 3 is 2.64 bits per heavy atom. The zero-order valence-electron chi connectivity index (χ0n) is 15.3. The lowest BCUT2D eigenvalue weighted by Gasteiger charge is -2.24. The van der Waals surface area contributed by atoms with E-state index in [2.05, 4.69) is 9.64 Å². The number of alkyl halides is 2. The highest BCUT2D eigenvalue weighted by Gasteiger charge is 2.53. The smallest absolute Gasteiger partial charge is 0.387 e. The van der Waals surface area contributed by atoms with Crippen LogP contribution in [0.4, 0.5) is 14.5 Å². The van der Waals surface area contributed by atoms with Gasteiger partial charge in [0, 0.05) is 11.3 Å². The molecule has 1 unspecified atom stereocenters. The molecule has 0 saturated carbocycles. The summed E-state index contributed by atoms with van der Waals surface area (Å²) in [6.07, 6.45) is 0.947. The number of para-hydroxylation sites is 2. The highest BCUT2D eigenvalue weighted by atomic mass is 32.2. The van der Waals surface area contributed by atoms with Crippen molar-refractivity contribution < 1.29 is 27.9 Å². The molecule has 1 N–H and O–H groups in total. The number of methoxy groups -OCH3 is 1. The van der Waals surface area contributed by atoms with Crippen LogP contribution >= 0.6 is 11.8 Å². The number of hydrogen-bond acceptors (Lipinski definition) is 5. The van der Waals surface area contributed by atoms with Gasteiger partial charge in [0.25, 0.3) is 5.72 Å². The van der Waals surface area contributed by atoms with Crippen LogP contribution < -0.4 is 14.4 Å². The Bertz CT molecular complexity index is 891. The number of hydrogen-bond donors (Lipinski definition) is 1. The maximum Gasteiger partial charge on any atom is 0.387 e. The summed E-state index contributed by atoms with van der Waals surface area (Å²) in [5.74, 6) is 1.76. The van der Waals surface area contributed by atoms with Gasteiger partial charge in [0.2, 0.25) is 0 Å². The maximum atomic E-state index is 12.4. The van der Waals surface area contributed by atoms with E-state index in [0.29, 0.717) is 18.7 Å². The van der Waals surface area contributed by atoms with Crippen molar-refractivity contribution in [3.63, 3.8) is 0 Å². The minimum Gasteiger partial charge on any atom is -0.492 e. The molecule has 0 aliphatic carbocycles. The van der Waals surface area contributed by atoms with Crippen LogP contribution in [0.5, 0.6) is 11.5 Å². The van der Waals surface area contributed by atoms with E-state index >= 15 is 0 Å². The number of anilines is 1. The first kappa shape index (κ1) is 19.0. The molecule has 0 amide bonds. The molecule has 2 aliphatic rings. The van der Waals surface area contributed by atoms with Crippen molar-refractivity contribution in [3.8, 4) is 11.5 Å². The van der Waals surface area contributed by atoms with Crippen LogP contribution in [0, 0.1) is 0 Å². The van der Waals surface area contributed by atoms with Crippen LogP contribution in [0.15, 0.2) is 48.5 Å². The van der Waals surface area contributed by atoms with Gasteiger partial charge in [0.05, 0.1) is 13.7 Å². The van der Waals surface area contributed by atoms with Crippen molar-refractivity contribution >= 4 is 22.6 Å². The van der Waals surface area contributed by atoms with Gasteiger partial charge in [-0.25, -0.2) is 9.48 Å². The summed E-state index contributed by atoms with van der Waals surface area (Å²) in [7, 11) is 1.62. The van der Waals surface area contributed by atoms with Crippen LogP contribution in [0.1, 0.15) is 12.0 Å². The second kappa shape index (κ2) is 7.60. The summed E-state index contributed by atoms with van der Waals surface area (Å²) in [6, 6.07) is 13.9. The minimum atomic E-state index is -2.88. The zero-order valence-corrected chi connectivity index (χ0v) is 16.2. The van der Waals surface area contributed by atoms with E-state index in [0.717, 1.165) is 28.8 Å². The second-order valence-corrected chi connectivity index (χ2v) is 7.68. The average molecular weight is 407 g/mol. The van der Waals surface area contributed by atoms with Gasteiger partial charge in [-0.3, -0.25) is 0 Å². The second-order valence-electron chi connectivity index (χ2n) is 6.61. The Morgan fingerprint density at radius 1 is 1.18 bits per heavy atom. The van der Waals surface area contributed by atoms with Crippen molar-refractivity contribution in [1.29, 1.82) is 0 Å². The van der Waals surface area contributed by atoms with Crippen molar-refractivity contribution in [2.45, 2.75) is 18.8 Å². The maximum absolute atomic E-state index is 12.4. The largest absolute Gasteiger partial charge is 0.492 e. The summed E-state index contributed by atoms with van der Waals surface area (Å²) in [5, 5.41) is 12.6. The van der Waals surface area contributed by atoms with Gasteiger partial charge in [-0.1, -0.05) is 12.1 Å². The van der Waals surface area contributed by atoms with Crippen LogP contribution in [0.25, 0.3) is 0 Å². The molecule has 1 atom stereocenters. The summed E-state index contributed by atoms with van der Waals surface area (Å²) >= 11 is 1.69. The number of ether oxygens (including phenoxy) is 2. The van der Waals surface area contributed by atoms with Crippen LogP contribution in [-0.4, -0.2) is 47.4 Å². The van der Waals surface area contributed by atoms with E-state index in [1.54, 1.807) is 31.0 Å². The molecule has 2 aliphatic heterocycles. The van der Waals surface area contributed by atoms with E-state index in [1.807, 2.05) is 28.8 Å². The fraction of sp³-hybridized carbons (Fsp3) is 0.350. The SMILES string of the molecule is COc1ccccc1N1CC(O)(c2ccc(OC(F)F)cc2)[N+]2=C1SCCC2. The third kappa shape index (κ3) is 3.31. The molecule has 0 fully saturated rings. The van der Waals surface area contributed by atoms with E-state index < -0.39 is 12.3 Å². The Balaban J connectivity index is 1.73. The lowest BCUT2D eigenvalue weighted by atomic mass is 10.0. The van der Waals surface area contributed by atoms with Gasteiger partial charge in [-0.05, 0) is 54.6 Å². The normalized spacial score (nSPS) is 21.8. The monoisotopic (exact) mass is 407 g/mol. The lowest BCUT2D eigenvalue weighted by Crippen LogP contribution is -2.41. The molecule has 0 bridgehead atoms. The number of aliphatic hydroxyl groups is 1. The van der Waals surface area contributed by atoms with E-state index in [-0.39, 0.29) is 5.75 Å². The molecule has 0 aromatic heterocycles. The summed E-state index contributed by atoms with van der Waals surface area (Å²) in [6.45, 7) is -1.86. The summed E-state index contributed by atoms with van der Waals surface area (Å²) in [4.78, 5) is 2.06. The van der Waals surface area contributed by atoms with Crippen molar-refractivity contribution in [1.82, 2.24) is 0 Å². The standard InChI is InChI=1S/C20H21F2N2O3S/c1-26-17-6-3-2-5-16(17)23-13-20(25,24-11-4-12-28-19(23)24)14-7-9-15(10-8-14)27-18(21)22/h2-3,5-10,18,25H,4,11-13H2,1H3/q+1. The molecule has 148 valence electrons. The Labute approximate surface area is 166 Å². The first-order valence-corrected chi connectivity index (χ1v) is 9.97. The van der Waals surface area contributed by atoms with Crippen molar-refractivity contribution in [2.24, 2.45) is 0 Å². The van der Waals surface area contributed by atoms with Gasteiger partial charge in [0.15, 0.2) is 18.0 Å². The summed E-state index contributed by atoms with van der Waals surface area (Å²) in [5.41, 5.74) is 0.243. The first-order valence-electron chi connectivity index (χ1n) is 8.98. The van der Waals surface area contributed by atoms with E-state index in [1.165, 1.54) is 12.1 Å². The van der Waals surface area contributed by atoms with E-state index in [9.17, 15) is 13.9 Å². The predicted octanol–water partition coefficient (Wildman–Crippen LogP) is 3.47. The van der Waals surface area contributed by atoms with Gasteiger partial charge in [-0.2, -0.15) is 8.78 Å². The molecule has 0 radical (unpaired) electrons. The molecule has 8 heteroatoms. The number of nitrogens with zero attached hydrogens (tertiary/aromatic N) is 2. The topological polar surface area (TPSA) is 44.9 Å². The number of β-amino-alcohol motifs (C(OH)–C–C–N with tert-alkyl or cyclic N) is 1. The molecule has 2 aromatic rings. The minimum absolute atomic E-state index is 0.0687. The number of rotatable bonds is 5. The van der Waals surface area contributed by atoms with Crippen molar-refractivity contribution in [2.75, 3.05) is 30.9 Å². The third-order valence-electron chi connectivity index (χ3n) is 4.96. The van der Waals surface area contributed by atoms with Gasteiger partial charge >= 0.3 is 11.8 Å². The fourth-order valence-electron chi connectivity index (χ4n) is 3.69. The molecule has 5 nitrogen and oxygen atoms in total. The van der Waals surface area contributed by atoms with Crippen LogP contribution in [0.3, 0.4) is 0 Å². The van der Waals surface area contributed by atoms with Crippen LogP contribution in [-0.2, 0) is 5.72 Å². The number of halogens is 2. The van der Waals surface area contributed by atoms with Gasteiger partial charge in [0.1, 0.15) is 5.75 Å². The molecule has 2 aromatic carbocycles. The number of thioether (sulfide) groups is 1. The summed E-state index contributed by atoms with van der Waals surface area (Å²) < 4.78 is 36.8. The molecule has 0 saturated heterocycles. The Hall–Kier alpha value is -2.32. The highest BCUT2D eigenvalue weighted by molar-refractivity contribution is 8.13. The first-order chi connectivity index (χ1) is 13.5. The average Bonchev–Trinajstić information content (AvgIpc) is 3.02. The highest BCUT2D eigenvalue weighted by Crippen LogP contribution is 2.40. The van der Waals surface area contributed by atoms with E-state index in [4.69, 9.17) is 4.74 Å². The third-order valence-corrected chi connectivity index (χ3v) is 6.15. The lowest BCUT2D eigenvalue weighted by molar-refractivity contribution is -0.656. The number of amidine groups is 1. The predicted molar refractivity (Wildman–Crippen MR) is 105 cm³/mol. The van der Waals surface area contributed by atoms with Crippen LogP contribution in [0.2, 0.25) is 0 Å².